The van der Waals surface area contributed by atoms with Crippen LogP contribution in [0.2, 0.25) is 18.1 Å². The lowest BCUT2D eigenvalue weighted by Gasteiger charge is -2.39. The molecule has 0 spiro atoms. The average Bonchev–Trinajstić information content (AvgIpc) is 2.51. The first-order chi connectivity index (χ1) is 12.0. The average molecular weight is 382 g/mol. The summed E-state index contributed by atoms with van der Waals surface area (Å²) < 4.78 is 6.52. The van der Waals surface area contributed by atoms with Gasteiger partial charge >= 0.3 is 5.97 Å². The molecule has 0 aliphatic rings. The molecule has 0 aromatic carbocycles. The molecule has 150 valence electrons. The Balaban J connectivity index is 4.26. The van der Waals surface area contributed by atoms with Crippen molar-refractivity contribution in [3.8, 4) is 0 Å². The van der Waals surface area contributed by atoms with Crippen LogP contribution in [0.3, 0.4) is 0 Å². The number of nitrogens with zero attached hydrogens (tertiary/aromatic N) is 1. The Morgan fingerprint density at radius 1 is 1.12 bits per heavy atom. The number of hydrogen-bond acceptors (Lipinski definition) is 2. The van der Waals surface area contributed by atoms with Crippen molar-refractivity contribution in [1.29, 1.82) is 0 Å². The van der Waals surface area contributed by atoms with E-state index in [1.807, 2.05) is 13.0 Å². The molecule has 0 rings (SSSR count). The molecule has 1 atom stereocenters. The zero-order valence-electron chi connectivity index (χ0n) is 17.7. The first-order valence-electron chi connectivity index (χ1n) is 9.95. The van der Waals surface area contributed by atoms with Crippen LogP contribution in [0, 0.1) is 6.57 Å². The van der Waals surface area contributed by atoms with Gasteiger partial charge in [0.15, 0.2) is 14.0 Å². The van der Waals surface area contributed by atoms with Crippen LogP contribution in [0.15, 0.2) is 11.8 Å². The van der Waals surface area contributed by atoms with Gasteiger partial charge in [0, 0.05) is 6.42 Å². The summed E-state index contributed by atoms with van der Waals surface area (Å²) in [5.74, 6) is -0.694. The normalized spacial score (nSPS) is 14.1. The van der Waals surface area contributed by atoms with Gasteiger partial charge in [-0.1, -0.05) is 65.4 Å². The summed E-state index contributed by atoms with van der Waals surface area (Å²) in [7, 11) is -1.84. The highest BCUT2D eigenvalue weighted by Crippen LogP contribution is 2.38. The minimum atomic E-state index is -1.84. The Hall–Kier alpha value is -1.12. The number of carboxylic acids is 1. The molecule has 0 aromatic rings. The Morgan fingerprint density at radius 2 is 1.62 bits per heavy atom. The Bertz CT molecular complexity index is 486. The maximum absolute atomic E-state index is 10.5. The SMILES string of the molecule is [C-]#[N+]/C(C)=C\[C@H](CCCCCCCCCC(=O)O)O[Si](C)(C)C(C)(C)C. The molecular weight excluding hydrogens is 342 g/mol. The van der Waals surface area contributed by atoms with Gasteiger partial charge in [-0.3, -0.25) is 4.79 Å². The summed E-state index contributed by atoms with van der Waals surface area (Å²) >= 11 is 0. The van der Waals surface area contributed by atoms with Gasteiger partial charge in [0.05, 0.1) is 12.7 Å². The number of unbranched alkanes of at least 4 members (excludes halogenated alkanes) is 6. The second-order valence-electron chi connectivity index (χ2n) is 8.74. The molecule has 0 heterocycles. The first kappa shape index (κ1) is 24.9. The van der Waals surface area contributed by atoms with E-state index in [0.717, 1.165) is 32.1 Å². The van der Waals surface area contributed by atoms with Gasteiger partial charge in [-0.2, -0.15) is 0 Å². The summed E-state index contributed by atoms with van der Waals surface area (Å²) in [5.41, 5.74) is 0.715. The van der Waals surface area contributed by atoms with E-state index in [-0.39, 0.29) is 11.1 Å². The second kappa shape index (κ2) is 12.3. The Labute approximate surface area is 162 Å². The van der Waals surface area contributed by atoms with Gasteiger partial charge in [-0.05, 0) is 37.9 Å². The molecule has 0 unspecified atom stereocenters. The van der Waals surface area contributed by atoms with Gasteiger partial charge in [-0.15, -0.1) is 0 Å². The van der Waals surface area contributed by atoms with E-state index in [2.05, 4.69) is 38.7 Å². The number of carboxylic acid groups (broad SMARTS) is 1. The zero-order chi connectivity index (χ0) is 20.2. The van der Waals surface area contributed by atoms with E-state index < -0.39 is 14.3 Å². The van der Waals surface area contributed by atoms with Crippen LogP contribution < -0.4 is 0 Å². The highest BCUT2D eigenvalue weighted by Gasteiger charge is 2.38. The van der Waals surface area contributed by atoms with Crippen LogP contribution in [-0.2, 0) is 9.22 Å². The fraction of sp³-hybridized carbons (Fsp3) is 0.810. The number of carbonyl (C=O) groups is 1. The summed E-state index contributed by atoms with van der Waals surface area (Å²) in [6.45, 7) is 20.3. The number of aliphatic carboxylic acids is 1. The molecule has 0 aromatic heterocycles. The maximum Gasteiger partial charge on any atom is 0.303 e. The third-order valence-corrected chi connectivity index (χ3v) is 9.74. The van der Waals surface area contributed by atoms with Crippen LogP contribution in [0.5, 0.6) is 0 Å². The summed E-state index contributed by atoms with van der Waals surface area (Å²) in [6, 6.07) is 0. The number of hydrogen-bond donors (Lipinski definition) is 1. The van der Waals surface area contributed by atoms with Crippen molar-refractivity contribution in [2.75, 3.05) is 0 Å². The molecule has 0 aliphatic heterocycles. The third-order valence-electron chi connectivity index (χ3n) is 5.23. The van der Waals surface area contributed by atoms with Crippen LogP contribution >= 0.6 is 0 Å². The predicted molar refractivity (Wildman–Crippen MR) is 112 cm³/mol. The summed E-state index contributed by atoms with van der Waals surface area (Å²) in [5, 5.41) is 8.78. The Morgan fingerprint density at radius 3 is 2.08 bits per heavy atom. The second-order valence-corrected chi connectivity index (χ2v) is 13.5. The van der Waals surface area contributed by atoms with Crippen molar-refractivity contribution in [2.24, 2.45) is 0 Å². The Kier molecular flexibility index (Phi) is 11.8. The van der Waals surface area contributed by atoms with Crippen molar-refractivity contribution in [1.82, 2.24) is 0 Å². The van der Waals surface area contributed by atoms with Crippen molar-refractivity contribution in [3.63, 3.8) is 0 Å². The zero-order valence-corrected chi connectivity index (χ0v) is 18.7. The van der Waals surface area contributed by atoms with Gasteiger partial charge in [-0.25, -0.2) is 4.85 Å². The largest absolute Gasteiger partial charge is 0.481 e. The van der Waals surface area contributed by atoms with Crippen LogP contribution in [0.4, 0.5) is 0 Å². The van der Waals surface area contributed by atoms with E-state index in [9.17, 15) is 4.79 Å². The lowest BCUT2D eigenvalue weighted by atomic mass is 10.1. The smallest absolute Gasteiger partial charge is 0.303 e. The molecular formula is C21H39NO3Si. The molecule has 4 nitrogen and oxygen atoms in total. The molecule has 0 fully saturated rings. The third kappa shape index (κ3) is 11.5. The molecule has 0 amide bonds. The molecule has 0 bridgehead atoms. The van der Waals surface area contributed by atoms with Crippen LogP contribution in [0.1, 0.15) is 85.5 Å². The van der Waals surface area contributed by atoms with Gasteiger partial charge in [0.25, 0.3) is 0 Å². The number of allylic oxidation sites excluding steroid dienone is 1. The molecule has 0 radical (unpaired) electrons. The highest BCUT2D eigenvalue weighted by molar-refractivity contribution is 6.74. The minimum Gasteiger partial charge on any atom is -0.481 e. The van der Waals surface area contributed by atoms with Gasteiger partial charge < -0.3 is 9.53 Å². The molecule has 0 saturated carbocycles. The topological polar surface area (TPSA) is 50.9 Å². The van der Waals surface area contributed by atoms with E-state index in [0.29, 0.717) is 12.1 Å². The lowest BCUT2D eigenvalue weighted by Crippen LogP contribution is -2.43. The van der Waals surface area contributed by atoms with Crippen molar-refractivity contribution in [3.05, 3.63) is 23.2 Å². The van der Waals surface area contributed by atoms with E-state index in [1.165, 1.54) is 19.3 Å². The molecule has 5 heteroatoms. The number of rotatable bonds is 13. The quantitative estimate of drug-likeness (QED) is 0.217. The molecule has 0 saturated heterocycles. The van der Waals surface area contributed by atoms with Crippen molar-refractivity contribution >= 4 is 14.3 Å². The predicted octanol–water partition coefficient (Wildman–Crippen LogP) is 6.80. The van der Waals surface area contributed by atoms with Gasteiger partial charge in [0.1, 0.15) is 0 Å². The van der Waals surface area contributed by atoms with E-state index in [1.54, 1.807) is 0 Å². The highest BCUT2D eigenvalue weighted by atomic mass is 28.4. The monoisotopic (exact) mass is 381 g/mol. The van der Waals surface area contributed by atoms with E-state index in [4.69, 9.17) is 16.1 Å². The molecule has 0 aliphatic carbocycles. The maximum atomic E-state index is 10.5. The summed E-state index contributed by atoms with van der Waals surface area (Å²) in [4.78, 5) is 14.0. The molecule has 1 N–H and O–H groups in total. The van der Waals surface area contributed by atoms with Crippen LogP contribution in [0.25, 0.3) is 4.85 Å². The fourth-order valence-electron chi connectivity index (χ4n) is 2.54. The van der Waals surface area contributed by atoms with E-state index >= 15 is 0 Å². The first-order valence-corrected chi connectivity index (χ1v) is 12.9. The fourth-order valence-corrected chi connectivity index (χ4v) is 3.84. The molecule has 26 heavy (non-hydrogen) atoms. The summed E-state index contributed by atoms with van der Waals surface area (Å²) in [6.07, 6.45) is 10.9. The van der Waals surface area contributed by atoms with Gasteiger partial charge in [0.2, 0.25) is 0 Å². The standard InChI is InChI=1S/C21H39NO3Si/c1-18(22-5)17-19(25-26(6,7)21(2,3)4)15-13-11-9-8-10-12-14-16-20(23)24/h17,19H,8-16H2,1-4,6-7H3,(H,23,24)/b18-17-/t19-/m0/s1. The lowest BCUT2D eigenvalue weighted by molar-refractivity contribution is -0.137. The van der Waals surface area contributed by atoms with Crippen molar-refractivity contribution in [2.45, 2.75) is 110 Å². The van der Waals surface area contributed by atoms with Crippen LogP contribution in [-0.4, -0.2) is 25.5 Å². The minimum absolute atomic E-state index is 0.0422. The van der Waals surface area contributed by atoms with Crippen molar-refractivity contribution < 1.29 is 14.3 Å².